The highest BCUT2D eigenvalue weighted by Crippen LogP contribution is 2.54. The lowest BCUT2D eigenvalue weighted by atomic mass is 9.55. The molecule has 3 aromatic carbocycles. The number of ether oxygens (including phenoxy) is 2. The van der Waals surface area contributed by atoms with Crippen molar-refractivity contribution in [1.82, 2.24) is 9.80 Å². The van der Waals surface area contributed by atoms with Gasteiger partial charge in [-0.25, -0.2) is 0 Å². The molecule has 1 saturated heterocycles. The van der Waals surface area contributed by atoms with E-state index < -0.39 is 5.60 Å². The summed E-state index contributed by atoms with van der Waals surface area (Å²) < 4.78 is 12.1. The number of likely N-dealkylation sites (tertiary alicyclic amines) is 1. The lowest BCUT2D eigenvalue weighted by Gasteiger charge is -2.60. The molecule has 0 N–H and O–H groups in total. The van der Waals surface area contributed by atoms with Crippen LogP contribution in [0.1, 0.15) is 62.4 Å². The average Bonchev–Trinajstić information content (AvgIpc) is 2.99. The van der Waals surface area contributed by atoms with Crippen LogP contribution < -0.4 is 4.74 Å². The largest absolute Gasteiger partial charge is 0.427 e. The van der Waals surface area contributed by atoms with Crippen molar-refractivity contribution in [3.8, 4) is 5.75 Å². The molecule has 1 heterocycles. The van der Waals surface area contributed by atoms with Gasteiger partial charge in [-0.3, -0.25) is 14.5 Å². The fourth-order valence-corrected chi connectivity index (χ4v) is 7.47. The van der Waals surface area contributed by atoms with E-state index in [-0.39, 0.29) is 23.3 Å². The summed E-state index contributed by atoms with van der Waals surface area (Å²) in [6, 6.07) is 22.2. The summed E-state index contributed by atoms with van der Waals surface area (Å²) in [6.45, 7) is 12.9. The second-order valence-electron chi connectivity index (χ2n) is 12.5. The first-order chi connectivity index (χ1) is 20.2. The summed E-state index contributed by atoms with van der Waals surface area (Å²) >= 11 is 0. The van der Waals surface area contributed by atoms with Crippen LogP contribution >= 0.6 is 0 Å². The van der Waals surface area contributed by atoms with Crippen LogP contribution in [0.2, 0.25) is 0 Å². The molecule has 6 nitrogen and oxygen atoms in total. The standard InChI is InChI=1S/C36H44N2O4/c1-6-19-37-20-18-35(31-12-9-13-33(22-31)42-27(4)39)23-32(16-17-36(35,25-37)41-5)38(24-26(2)3)34(40)30-15-14-28-10-7-8-11-29(28)21-30/h6-15,21-22,26,32H,1,16-20,23-25H2,2-5H3. The second-order valence-corrected chi connectivity index (χ2v) is 12.5. The Labute approximate surface area is 250 Å². The number of nitrogens with zero attached hydrogens (tertiary/aromatic N) is 2. The molecule has 3 aromatic rings. The molecule has 0 bridgehead atoms. The zero-order valence-electron chi connectivity index (χ0n) is 25.5. The molecule has 5 rings (SSSR count). The summed E-state index contributed by atoms with van der Waals surface area (Å²) in [6.07, 6.45) is 5.27. The highest BCUT2D eigenvalue weighted by Gasteiger charge is 2.59. The number of carbonyl (C=O) groups excluding carboxylic acids is 2. The molecule has 1 saturated carbocycles. The molecule has 2 aliphatic rings. The number of hydrogen-bond acceptors (Lipinski definition) is 5. The lowest BCUT2D eigenvalue weighted by Crippen LogP contribution is -2.68. The second kappa shape index (κ2) is 12.4. The summed E-state index contributed by atoms with van der Waals surface area (Å²) in [5.74, 6) is 0.605. The van der Waals surface area contributed by atoms with Crippen molar-refractivity contribution in [2.45, 2.75) is 63.5 Å². The highest BCUT2D eigenvalue weighted by atomic mass is 16.5. The van der Waals surface area contributed by atoms with Gasteiger partial charge in [0.15, 0.2) is 0 Å². The van der Waals surface area contributed by atoms with Crippen LogP contribution in [0.4, 0.5) is 0 Å². The maximum Gasteiger partial charge on any atom is 0.308 e. The van der Waals surface area contributed by atoms with Crippen molar-refractivity contribution in [2.75, 3.05) is 33.3 Å². The Hall–Kier alpha value is -3.48. The van der Waals surface area contributed by atoms with Gasteiger partial charge in [0.25, 0.3) is 5.91 Å². The van der Waals surface area contributed by atoms with Crippen molar-refractivity contribution >= 4 is 22.6 Å². The first-order valence-electron chi connectivity index (χ1n) is 15.2. The van der Waals surface area contributed by atoms with E-state index in [9.17, 15) is 9.59 Å². The monoisotopic (exact) mass is 568 g/mol. The van der Waals surface area contributed by atoms with Crippen molar-refractivity contribution in [2.24, 2.45) is 5.92 Å². The van der Waals surface area contributed by atoms with Crippen molar-refractivity contribution in [1.29, 1.82) is 0 Å². The van der Waals surface area contributed by atoms with Crippen LogP contribution in [-0.2, 0) is 14.9 Å². The third kappa shape index (κ3) is 5.75. The number of hydrogen-bond donors (Lipinski definition) is 0. The summed E-state index contributed by atoms with van der Waals surface area (Å²) in [4.78, 5) is 30.7. The normalized spacial score (nSPS) is 24.3. The summed E-state index contributed by atoms with van der Waals surface area (Å²) in [7, 11) is 1.83. The first-order valence-corrected chi connectivity index (χ1v) is 15.2. The smallest absolute Gasteiger partial charge is 0.308 e. The molecule has 3 atom stereocenters. The number of piperidine rings is 1. The maximum atomic E-state index is 14.3. The van der Waals surface area contributed by atoms with Crippen molar-refractivity contribution < 1.29 is 19.1 Å². The Morgan fingerprint density at radius 1 is 1.07 bits per heavy atom. The number of fused-ring (bicyclic) bond motifs is 2. The number of carbonyl (C=O) groups is 2. The van der Waals surface area contributed by atoms with E-state index in [0.29, 0.717) is 18.2 Å². The Bertz CT molecular complexity index is 1450. The SMILES string of the molecule is C=CCN1CCC2(c3cccc(OC(C)=O)c3)CC(N(CC(C)C)C(=O)c3ccc4ccccc4c3)CCC2(OC)C1. The van der Waals surface area contributed by atoms with E-state index in [1.165, 1.54) is 6.92 Å². The molecule has 2 fully saturated rings. The Kier molecular flexibility index (Phi) is 8.86. The fourth-order valence-electron chi connectivity index (χ4n) is 7.47. The van der Waals surface area contributed by atoms with Crippen LogP contribution in [0.25, 0.3) is 10.8 Å². The molecular formula is C36H44N2O4. The number of rotatable bonds is 9. The minimum atomic E-state index is -0.449. The topological polar surface area (TPSA) is 59.1 Å². The predicted molar refractivity (Wildman–Crippen MR) is 168 cm³/mol. The lowest BCUT2D eigenvalue weighted by molar-refractivity contribution is -0.153. The van der Waals surface area contributed by atoms with Crippen LogP contribution in [0, 0.1) is 5.92 Å². The molecular weight excluding hydrogens is 524 g/mol. The summed E-state index contributed by atoms with van der Waals surface area (Å²) in [5, 5.41) is 2.20. The Morgan fingerprint density at radius 3 is 2.57 bits per heavy atom. The fraction of sp³-hybridized carbons (Fsp3) is 0.444. The molecule has 1 aliphatic heterocycles. The molecule has 222 valence electrons. The highest BCUT2D eigenvalue weighted by molar-refractivity contribution is 5.98. The Balaban J connectivity index is 1.56. The van der Waals surface area contributed by atoms with Gasteiger partial charge < -0.3 is 14.4 Å². The molecule has 3 unspecified atom stereocenters. The minimum Gasteiger partial charge on any atom is -0.427 e. The average molecular weight is 569 g/mol. The van der Waals surface area contributed by atoms with Gasteiger partial charge in [0.05, 0.1) is 5.60 Å². The molecule has 1 amide bonds. The van der Waals surface area contributed by atoms with Crippen molar-refractivity contribution in [3.05, 3.63) is 90.5 Å². The van der Waals surface area contributed by atoms with Gasteiger partial charge in [-0.15, -0.1) is 6.58 Å². The summed E-state index contributed by atoms with van der Waals surface area (Å²) in [5.41, 5.74) is 1.02. The first kappa shape index (κ1) is 30.0. The van der Waals surface area contributed by atoms with E-state index in [4.69, 9.17) is 9.47 Å². The molecule has 0 radical (unpaired) electrons. The molecule has 1 aliphatic carbocycles. The van der Waals surface area contributed by atoms with Gasteiger partial charge in [0, 0.05) is 50.7 Å². The van der Waals surface area contributed by atoms with Gasteiger partial charge in [0.1, 0.15) is 5.75 Å². The van der Waals surface area contributed by atoms with Crippen molar-refractivity contribution in [3.63, 3.8) is 0 Å². The molecule has 0 spiro atoms. The Morgan fingerprint density at radius 2 is 1.86 bits per heavy atom. The zero-order chi connectivity index (χ0) is 29.9. The molecule has 42 heavy (non-hydrogen) atoms. The van der Waals surface area contributed by atoms with Crippen LogP contribution in [0.3, 0.4) is 0 Å². The maximum absolute atomic E-state index is 14.3. The molecule has 0 aromatic heterocycles. The van der Waals surface area contributed by atoms with Gasteiger partial charge >= 0.3 is 5.97 Å². The number of esters is 1. The number of benzene rings is 3. The van der Waals surface area contributed by atoms with Gasteiger partial charge in [-0.05, 0) is 78.7 Å². The van der Waals surface area contributed by atoms with Crippen LogP contribution in [-0.4, -0.2) is 66.6 Å². The van der Waals surface area contributed by atoms with Gasteiger partial charge in [-0.1, -0.05) is 62.4 Å². The van der Waals surface area contributed by atoms with E-state index >= 15 is 0 Å². The van der Waals surface area contributed by atoms with E-state index in [0.717, 1.165) is 67.2 Å². The third-order valence-electron chi connectivity index (χ3n) is 9.36. The quantitative estimate of drug-likeness (QED) is 0.165. The van der Waals surface area contributed by atoms with Gasteiger partial charge in [0.2, 0.25) is 0 Å². The number of methoxy groups -OCH3 is 1. The van der Waals surface area contributed by atoms with E-state index in [1.54, 1.807) is 0 Å². The minimum absolute atomic E-state index is 0.0398. The molecule has 6 heteroatoms. The number of amides is 1. The van der Waals surface area contributed by atoms with E-state index in [1.807, 2.05) is 61.7 Å². The van der Waals surface area contributed by atoms with E-state index in [2.05, 4.69) is 48.4 Å². The predicted octanol–water partition coefficient (Wildman–Crippen LogP) is 6.63. The zero-order valence-corrected chi connectivity index (χ0v) is 25.5. The van der Waals surface area contributed by atoms with Crippen LogP contribution in [0.5, 0.6) is 5.75 Å². The van der Waals surface area contributed by atoms with Crippen LogP contribution in [0.15, 0.2) is 79.4 Å². The van der Waals surface area contributed by atoms with Gasteiger partial charge in [-0.2, -0.15) is 0 Å². The third-order valence-corrected chi connectivity index (χ3v) is 9.36.